The highest BCUT2D eigenvalue weighted by Crippen LogP contribution is 2.10. The Labute approximate surface area is 69.7 Å². The molecule has 0 unspecified atom stereocenters. The SMILES string of the molecule is Cc1nccc(/C=C/C=O)c1F. The molecule has 1 aromatic rings. The molecule has 0 aliphatic carbocycles. The number of allylic oxidation sites excluding steroid dienone is 1. The minimum absolute atomic E-state index is 0.336. The summed E-state index contributed by atoms with van der Waals surface area (Å²) in [5.41, 5.74) is 0.720. The van der Waals surface area contributed by atoms with Gasteiger partial charge in [-0.05, 0) is 25.1 Å². The second-order valence-corrected chi connectivity index (χ2v) is 2.29. The summed E-state index contributed by atoms with van der Waals surface area (Å²) >= 11 is 0. The fourth-order valence-electron chi connectivity index (χ4n) is 0.840. The molecule has 0 atom stereocenters. The highest BCUT2D eigenvalue weighted by atomic mass is 19.1. The molecule has 0 saturated carbocycles. The van der Waals surface area contributed by atoms with E-state index in [9.17, 15) is 9.18 Å². The first-order chi connectivity index (χ1) is 5.75. The minimum atomic E-state index is -0.379. The third-order valence-corrected chi connectivity index (χ3v) is 1.45. The molecule has 0 radical (unpaired) electrons. The number of aldehydes is 1. The Balaban J connectivity index is 3.07. The first kappa shape index (κ1) is 8.59. The maximum absolute atomic E-state index is 13.1. The number of aryl methyl sites for hydroxylation is 1. The lowest BCUT2D eigenvalue weighted by Crippen LogP contribution is -1.90. The molecule has 0 spiro atoms. The summed E-state index contributed by atoms with van der Waals surface area (Å²) in [6, 6.07) is 1.52. The van der Waals surface area contributed by atoms with Gasteiger partial charge in [0.25, 0.3) is 0 Å². The van der Waals surface area contributed by atoms with Crippen LogP contribution in [0.1, 0.15) is 11.3 Å². The number of pyridine rings is 1. The van der Waals surface area contributed by atoms with Crippen LogP contribution < -0.4 is 0 Å². The number of carbonyl (C=O) groups excluding carboxylic acids is 1. The molecular formula is C9H8FNO. The largest absolute Gasteiger partial charge is 0.299 e. The van der Waals surface area contributed by atoms with Gasteiger partial charge in [0.05, 0.1) is 5.69 Å². The van der Waals surface area contributed by atoms with Crippen LogP contribution in [0.3, 0.4) is 0 Å². The Kier molecular flexibility index (Phi) is 2.69. The van der Waals surface area contributed by atoms with Crippen LogP contribution in [0.25, 0.3) is 6.08 Å². The predicted molar refractivity (Wildman–Crippen MR) is 44.0 cm³/mol. The van der Waals surface area contributed by atoms with Crippen molar-refractivity contribution in [2.45, 2.75) is 6.92 Å². The number of carbonyl (C=O) groups is 1. The van der Waals surface area contributed by atoms with E-state index in [1.165, 1.54) is 24.4 Å². The molecule has 0 fully saturated rings. The van der Waals surface area contributed by atoms with E-state index in [0.29, 0.717) is 17.5 Å². The zero-order chi connectivity index (χ0) is 8.97. The minimum Gasteiger partial charge on any atom is -0.299 e. The number of halogens is 1. The molecule has 0 N–H and O–H groups in total. The third kappa shape index (κ3) is 1.75. The van der Waals surface area contributed by atoms with Crippen molar-refractivity contribution in [1.82, 2.24) is 4.98 Å². The Morgan fingerprint density at radius 1 is 1.58 bits per heavy atom. The Morgan fingerprint density at radius 2 is 2.33 bits per heavy atom. The molecule has 0 saturated heterocycles. The van der Waals surface area contributed by atoms with Gasteiger partial charge in [0.15, 0.2) is 5.82 Å². The average Bonchev–Trinajstić information content (AvgIpc) is 2.08. The van der Waals surface area contributed by atoms with E-state index >= 15 is 0 Å². The zero-order valence-electron chi connectivity index (χ0n) is 6.62. The molecular weight excluding hydrogens is 157 g/mol. The van der Waals surface area contributed by atoms with Crippen molar-refractivity contribution >= 4 is 12.4 Å². The highest BCUT2D eigenvalue weighted by Gasteiger charge is 2.01. The summed E-state index contributed by atoms with van der Waals surface area (Å²) in [7, 11) is 0. The summed E-state index contributed by atoms with van der Waals surface area (Å²) < 4.78 is 13.1. The van der Waals surface area contributed by atoms with E-state index in [4.69, 9.17) is 0 Å². The molecule has 2 nitrogen and oxygen atoms in total. The van der Waals surface area contributed by atoms with Crippen LogP contribution in [-0.4, -0.2) is 11.3 Å². The normalized spacial score (nSPS) is 10.5. The number of hydrogen-bond donors (Lipinski definition) is 0. The van der Waals surface area contributed by atoms with Crippen LogP contribution in [0.4, 0.5) is 4.39 Å². The summed E-state index contributed by atoms with van der Waals surface area (Å²) in [4.78, 5) is 13.7. The molecule has 0 aliphatic rings. The lowest BCUT2D eigenvalue weighted by Gasteiger charge is -1.97. The van der Waals surface area contributed by atoms with Gasteiger partial charge in [0, 0.05) is 11.8 Å². The lowest BCUT2D eigenvalue weighted by atomic mass is 10.2. The Hall–Kier alpha value is -1.51. The zero-order valence-corrected chi connectivity index (χ0v) is 6.62. The second-order valence-electron chi connectivity index (χ2n) is 2.29. The maximum atomic E-state index is 13.1. The standard InChI is InChI=1S/C9H8FNO/c1-7-9(10)8(3-2-6-12)4-5-11-7/h2-6H,1H3/b3-2+. The fourth-order valence-corrected chi connectivity index (χ4v) is 0.840. The number of rotatable bonds is 2. The average molecular weight is 165 g/mol. The monoisotopic (exact) mass is 165 g/mol. The molecule has 12 heavy (non-hydrogen) atoms. The van der Waals surface area contributed by atoms with Crippen molar-refractivity contribution < 1.29 is 9.18 Å². The molecule has 0 aliphatic heterocycles. The Morgan fingerprint density at radius 3 is 3.00 bits per heavy atom. The number of nitrogens with zero attached hydrogens (tertiary/aromatic N) is 1. The van der Waals surface area contributed by atoms with E-state index < -0.39 is 0 Å². The van der Waals surface area contributed by atoms with Crippen LogP contribution in [0.2, 0.25) is 0 Å². The van der Waals surface area contributed by atoms with Gasteiger partial charge in [0.2, 0.25) is 0 Å². The lowest BCUT2D eigenvalue weighted by molar-refractivity contribution is -0.104. The van der Waals surface area contributed by atoms with Crippen LogP contribution in [-0.2, 0) is 4.79 Å². The summed E-state index contributed by atoms with van der Waals surface area (Å²) in [5.74, 6) is -0.379. The summed E-state index contributed by atoms with van der Waals surface area (Å²) in [5, 5.41) is 0. The summed E-state index contributed by atoms with van der Waals surface area (Å²) in [6.07, 6.45) is 4.77. The topological polar surface area (TPSA) is 30.0 Å². The van der Waals surface area contributed by atoms with Gasteiger partial charge in [-0.3, -0.25) is 9.78 Å². The van der Waals surface area contributed by atoms with E-state index in [0.717, 1.165) is 0 Å². The Bertz CT molecular complexity index is 320. The maximum Gasteiger partial charge on any atom is 0.151 e. The fraction of sp³-hybridized carbons (Fsp3) is 0.111. The summed E-state index contributed by atoms with van der Waals surface area (Å²) in [6.45, 7) is 1.58. The second kappa shape index (κ2) is 3.76. The molecule has 1 heterocycles. The number of aromatic nitrogens is 1. The van der Waals surface area contributed by atoms with E-state index in [2.05, 4.69) is 4.98 Å². The van der Waals surface area contributed by atoms with Crippen molar-refractivity contribution in [2.24, 2.45) is 0 Å². The molecule has 0 amide bonds. The molecule has 62 valence electrons. The molecule has 1 aromatic heterocycles. The van der Waals surface area contributed by atoms with Gasteiger partial charge in [0.1, 0.15) is 6.29 Å². The predicted octanol–water partition coefficient (Wildman–Crippen LogP) is 1.74. The smallest absolute Gasteiger partial charge is 0.151 e. The molecule has 1 rings (SSSR count). The van der Waals surface area contributed by atoms with Crippen LogP contribution in [0.5, 0.6) is 0 Å². The van der Waals surface area contributed by atoms with Crippen molar-refractivity contribution in [1.29, 1.82) is 0 Å². The molecule has 0 bridgehead atoms. The number of hydrogen-bond acceptors (Lipinski definition) is 2. The van der Waals surface area contributed by atoms with Gasteiger partial charge >= 0.3 is 0 Å². The highest BCUT2D eigenvalue weighted by molar-refractivity contribution is 5.73. The van der Waals surface area contributed by atoms with Gasteiger partial charge in [-0.1, -0.05) is 0 Å². The quantitative estimate of drug-likeness (QED) is 0.493. The van der Waals surface area contributed by atoms with Crippen LogP contribution in [0, 0.1) is 12.7 Å². The van der Waals surface area contributed by atoms with Crippen LogP contribution >= 0.6 is 0 Å². The van der Waals surface area contributed by atoms with E-state index in [1.54, 1.807) is 6.92 Å². The molecule has 3 heteroatoms. The van der Waals surface area contributed by atoms with Crippen molar-refractivity contribution in [2.75, 3.05) is 0 Å². The first-order valence-corrected chi connectivity index (χ1v) is 3.48. The molecule has 0 aromatic carbocycles. The van der Waals surface area contributed by atoms with Gasteiger partial charge in [-0.15, -0.1) is 0 Å². The van der Waals surface area contributed by atoms with E-state index in [1.807, 2.05) is 0 Å². The van der Waals surface area contributed by atoms with E-state index in [-0.39, 0.29) is 5.82 Å². The van der Waals surface area contributed by atoms with Crippen LogP contribution in [0.15, 0.2) is 18.3 Å². The van der Waals surface area contributed by atoms with Crippen molar-refractivity contribution in [3.63, 3.8) is 0 Å². The van der Waals surface area contributed by atoms with Gasteiger partial charge in [-0.2, -0.15) is 0 Å². The van der Waals surface area contributed by atoms with Gasteiger partial charge in [-0.25, -0.2) is 4.39 Å². The first-order valence-electron chi connectivity index (χ1n) is 3.48. The van der Waals surface area contributed by atoms with Gasteiger partial charge < -0.3 is 0 Å². The van der Waals surface area contributed by atoms with Crippen molar-refractivity contribution in [3.8, 4) is 0 Å². The third-order valence-electron chi connectivity index (χ3n) is 1.45. The van der Waals surface area contributed by atoms with Crippen molar-refractivity contribution in [3.05, 3.63) is 35.4 Å².